The monoisotopic (exact) mass is 330 g/mol. The molecule has 2 aliphatic rings. The number of amides is 1. The van der Waals surface area contributed by atoms with Crippen LogP contribution in [0.5, 0.6) is 0 Å². The van der Waals surface area contributed by atoms with Gasteiger partial charge in [0.2, 0.25) is 5.91 Å². The van der Waals surface area contributed by atoms with Crippen LogP contribution in [0.2, 0.25) is 0 Å². The third kappa shape index (κ3) is 3.40. The quantitative estimate of drug-likeness (QED) is 0.854. The van der Waals surface area contributed by atoms with Crippen LogP contribution in [0.4, 0.5) is 5.82 Å². The number of hydrogen-bond donors (Lipinski definition) is 0. The molecule has 0 aliphatic carbocycles. The van der Waals surface area contributed by atoms with Crippen molar-refractivity contribution in [2.24, 2.45) is 5.41 Å². The molecule has 2 saturated heterocycles. The van der Waals surface area contributed by atoms with Crippen molar-refractivity contribution in [3.8, 4) is 0 Å². The lowest BCUT2D eigenvalue weighted by Gasteiger charge is -2.48. The van der Waals surface area contributed by atoms with E-state index < -0.39 is 0 Å². The maximum absolute atomic E-state index is 12.1. The van der Waals surface area contributed by atoms with Gasteiger partial charge in [-0.1, -0.05) is 13.8 Å². The van der Waals surface area contributed by atoms with E-state index in [0.29, 0.717) is 18.2 Å². The number of rotatable bonds is 3. The van der Waals surface area contributed by atoms with Crippen molar-refractivity contribution < 1.29 is 4.79 Å². The molecule has 24 heavy (non-hydrogen) atoms. The first-order valence-electron chi connectivity index (χ1n) is 9.31. The van der Waals surface area contributed by atoms with Gasteiger partial charge in [0.25, 0.3) is 0 Å². The largest absolute Gasteiger partial charge is 0.356 e. The van der Waals surface area contributed by atoms with Crippen molar-refractivity contribution in [1.82, 2.24) is 14.9 Å². The van der Waals surface area contributed by atoms with Crippen LogP contribution in [0.25, 0.3) is 0 Å². The predicted octanol–water partition coefficient (Wildman–Crippen LogP) is 3.14. The third-order valence-electron chi connectivity index (χ3n) is 5.55. The fourth-order valence-electron chi connectivity index (χ4n) is 4.16. The van der Waals surface area contributed by atoms with E-state index in [0.717, 1.165) is 49.9 Å². The molecule has 5 nitrogen and oxygen atoms in total. The molecular formula is C19H30N4O. The molecule has 0 aromatic carbocycles. The summed E-state index contributed by atoms with van der Waals surface area (Å²) in [6.45, 7) is 12.2. The molecular weight excluding hydrogens is 300 g/mol. The third-order valence-corrected chi connectivity index (χ3v) is 5.55. The molecule has 1 amide bonds. The van der Waals surface area contributed by atoms with Gasteiger partial charge in [-0.05, 0) is 39.0 Å². The van der Waals surface area contributed by atoms with E-state index in [4.69, 9.17) is 4.98 Å². The van der Waals surface area contributed by atoms with E-state index in [9.17, 15) is 4.79 Å². The summed E-state index contributed by atoms with van der Waals surface area (Å²) >= 11 is 0. The topological polar surface area (TPSA) is 49.3 Å². The molecule has 1 aromatic rings. The zero-order valence-corrected chi connectivity index (χ0v) is 15.5. The Balaban J connectivity index is 1.82. The molecule has 2 aliphatic heterocycles. The standard InChI is InChI=1S/C19H30N4O/c1-5-22-12-19(9-7-18(22)24)8-6-10-23(13-19)17-11-16(14(2)3)20-15(4)21-17/h11,14H,5-10,12-13H2,1-4H3/t19-/m0/s1. The molecule has 0 bridgehead atoms. The molecule has 0 saturated carbocycles. The number of nitrogens with zero attached hydrogens (tertiary/aromatic N) is 4. The first-order chi connectivity index (χ1) is 11.4. The van der Waals surface area contributed by atoms with Gasteiger partial charge in [-0.25, -0.2) is 9.97 Å². The van der Waals surface area contributed by atoms with Crippen LogP contribution in [0, 0.1) is 12.3 Å². The van der Waals surface area contributed by atoms with Crippen molar-refractivity contribution in [3.05, 3.63) is 17.6 Å². The van der Waals surface area contributed by atoms with E-state index in [1.807, 2.05) is 11.8 Å². The van der Waals surface area contributed by atoms with Gasteiger partial charge in [0.05, 0.1) is 0 Å². The van der Waals surface area contributed by atoms with Crippen LogP contribution >= 0.6 is 0 Å². The van der Waals surface area contributed by atoms with Gasteiger partial charge in [0.1, 0.15) is 11.6 Å². The van der Waals surface area contributed by atoms with Crippen molar-refractivity contribution >= 4 is 11.7 Å². The van der Waals surface area contributed by atoms with Crippen molar-refractivity contribution in [3.63, 3.8) is 0 Å². The van der Waals surface area contributed by atoms with Gasteiger partial charge in [-0.3, -0.25) is 4.79 Å². The van der Waals surface area contributed by atoms with Crippen LogP contribution in [0.1, 0.15) is 63.9 Å². The Labute approximate surface area is 145 Å². The van der Waals surface area contributed by atoms with E-state index in [1.165, 1.54) is 12.8 Å². The molecule has 1 spiro atoms. The Morgan fingerprint density at radius 2 is 2.04 bits per heavy atom. The van der Waals surface area contributed by atoms with E-state index in [-0.39, 0.29) is 5.41 Å². The average Bonchev–Trinajstić information content (AvgIpc) is 2.57. The summed E-state index contributed by atoms with van der Waals surface area (Å²) in [5.41, 5.74) is 1.35. The molecule has 0 radical (unpaired) electrons. The van der Waals surface area contributed by atoms with E-state index in [2.05, 4.69) is 36.7 Å². The minimum atomic E-state index is 0.235. The summed E-state index contributed by atoms with van der Waals surface area (Å²) in [6, 6.07) is 2.16. The second-order valence-corrected chi connectivity index (χ2v) is 7.79. The van der Waals surface area contributed by atoms with Crippen LogP contribution < -0.4 is 4.90 Å². The number of carbonyl (C=O) groups excluding carboxylic acids is 1. The summed E-state index contributed by atoms with van der Waals surface area (Å²) in [5, 5.41) is 0. The number of piperidine rings is 2. The molecule has 1 aromatic heterocycles. The number of hydrogen-bond acceptors (Lipinski definition) is 4. The van der Waals surface area contributed by atoms with Crippen LogP contribution in [-0.4, -0.2) is 47.0 Å². The van der Waals surface area contributed by atoms with Gasteiger partial charge >= 0.3 is 0 Å². The fraction of sp³-hybridized carbons (Fsp3) is 0.737. The second-order valence-electron chi connectivity index (χ2n) is 7.79. The summed E-state index contributed by atoms with van der Waals surface area (Å²) < 4.78 is 0. The van der Waals surface area contributed by atoms with Crippen LogP contribution in [0.15, 0.2) is 6.07 Å². The Hall–Kier alpha value is -1.65. The average molecular weight is 330 g/mol. The summed E-state index contributed by atoms with van der Waals surface area (Å²) in [4.78, 5) is 25.8. The molecule has 2 fully saturated rings. The number of carbonyl (C=O) groups is 1. The van der Waals surface area contributed by atoms with Crippen molar-refractivity contribution in [2.75, 3.05) is 31.1 Å². The number of anilines is 1. The lowest BCUT2D eigenvalue weighted by molar-refractivity contribution is -0.137. The molecule has 5 heteroatoms. The predicted molar refractivity (Wildman–Crippen MR) is 96.2 cm³/mol. The number of aromatic nitrogens is 2. The number of aryl methyl sites for hydroxylation is 1. The normalized spacial score (nSPS) is 25.0. The fourth-order valence-corrected chi connectivity index (χ4v) is 4.16. The first kappa shape index (κ1) is 17.2. The molecule has 1 atom stereocenters. The van der Waals surface area contributed by atoms with Crippen molar-refractivity contribution in [2.45, 2.75) is 59.3 Å². The molecule has 132 valence electrons. The van der Waals surface area contributed by atoms with Crippen LogP contribution in [-0.2, 0) is 4.79 Å². The highest BCUT2D eigenvalue weighted by atomic mass is 16.2. The number of likely N-dealkylation sites (tertiary alicyclic amines) is 1. The zero-order chi connectivity index (χ0) is 17.3. The van der Waals surface area contributed by atoms with Crippen LogP contribution in [0.3, 0.4) is 0 Å². The molecule has 3 heterocycles. The smallest absolute Gasteiger partial charge is 0.222 e. The maximum Gasteiger partial charge on any atom is 0.222 e. The summed E-state index contributed by atoms with van der Waals surface area (Å²) in [5.74, 6) is 2.64. The highest BCUT2D eigenvalue weighted by Gasteiger charge is 2.41. The summed E-state index contributed by atoms with van der Waals surface area (Å²) in [6.07, 6.45) is 4.10. The minimum absolute atomic E-state index is 0.235. The van der Waals surface area contributed by atoms with E-state index in [1.54, 1.807) is 0 Å². The lowest BCUT2D eigenvalue weighted by atomic mass is 9.73. The second kappa shape index (κ2) is 6.69. The highest BCUT2D eigenvalue weighted by molar-refractivity contribution is 5.77. The first-order valence-corrected chi connectivity index (χ1v) is 9.31. The SMILES string of the molecule is CCN1C[C@]2(CCCN(c3cc(C(C)C)nc(C)n3)C2)CCC1=O. The van der Waals surface area contributed by atoms with Crippen molar-refractivity contribution in [1.29, 1.82) is 0 Å². The Morgan fingerprint density at radius 3 is 2.75 bits per heavy atom. The van der Waals surface area contributed by atoms with Gasteiger partial charge < -0.3 is 9.80 Å². The Bertz CT molecular complexity index is 615. The van der Waals surface area contributed by atoms with Gasteiger partial charge in [0, 0.05) is 49.8 Å². The molecule has 0 N–H and O–H groups in total. The minimum Gasteiger partial charge on any atom is -0.356 e. The van der Waals surface area contributed by atoms with Gasteiger partial charge in [-0.2, -0.15) is 0 Å². The Morgan fingerprint density at radius 1 is 1.25 bits per heavy atom. The summed E-state index contributed by atoms with van der Waals surface area (Å²) in [7, 11) is 0. The lowest BCUT2D eigenvalue weighted by Crippen LogP contribution is -2.54. The highest BCUT2D eigenvalue weighted by Crippen LogP contribution is 2.40. The molecule has 3 rings (SSSR count). The van der Waals surface area contributed by atoms with Gasteiger partial charge in [0.15, 0.2) is 0 Å². The Kier molecular flexibility index (Phi) is 4.79. The van der Waals surface area contributed by atoms with E-state index >= 15 is 0 Å². The maximum atomic E-state index is 12.1. The van der Waals surface area contributed by atoms with Gasteiger partial charge in [-0.15, -0.1) is 0 Å². The molecule has 0 unspecified atom stereocenters. The zero-order valence-electron chi connectivity index (χ0n) is 15.5.